The van der Waals surface area contributed by atoms with E-state index in [-0.39, 0.29) is 22.7 Å². The predicted octanol–water partition coefficient (Wildman–Crippen LogP) is 8.99. The van der Waals surface area contributed by atoms with Gasteiger partial charge in [-0.3, -0.25) is 19.7 Å². The first-order valence-electron chi connectivity index (χ1n) is 17.3. The Morgan fingerprint density at radius 1 is 0.607 bits per heavy atom. The van der Waals surface area contributed by atoms with E-state index < -0.39 is 16.9 Å². The van der Waals surface area contributed by atoms with Crippen molar-refractivity contribution in [2.24, 2.45) is 0 Å². The van der Waals surface area contributed by atoms with E-state index in [9.17, 15) is 19.7 Å². The second-order valence-corrected chi connectivity index (χ2v) is 11.8. The number of esters is 2. The Kier molecular flexibility index (Phi) is 13.3. The third-order valence-corrected chi connectivity index (χ3v) is 8.04. The van der Waals surface area contributed by atoms with Crippen molar-refractivity contribution in [3.8, 4) is 34.5 Å². The quantitative estimate of drug-likeness (QED) is 0.0506. The molecule has 2 heterocycles. The summed E-state index contributed by atoms with van der Waals surface area (Å²) in [6.45, 7) is 4.94. The van der Waals surface area contributed by atoms with E-state index in [2.05, 4.69) is 9.97 Å². The van der Waals surface area contributed by atoms with Gasteiger partial charge in [0.25, 0.3) is 0 Å². The number of ether oxygens (including phenoxy) is 6. The lowest BCUT2D eigenvalue weighted by molar-refractivity contribution is -0.386. The minimum atomic E-state index is -0.602. The number of pyridine rings is 2. The molecule has 286 valence electrons. The van der Waals surface area contributed by atoms with Crippen molar-refractivity contribution in [2.45, 2.75) is 20.8 Å². The van der Waals surface area contributed by atoms with Gasteiger partial charge in [0, 0.05) is 30.2 Å². The molecule has 6 rings (SSSR count). The van der Waals surface area contributed by atoms with Gasteiger partial charge in [-0.05, 0) is 73.7 Å². The summed E-state index contributed by atoms with van der Waals surface area (Å²) in [5, 5.41) is 13.5. The van der Waals surface area contributed by atoms with Crippen molar-refractivity contribution in [3.05, 3.63) is 124 Å². The molecular formula is C43H39N3O10. The van der Waals surface area contributed by atoms with Gasteiger partial charge in [0.2, 0.25) is 5.75 Å². The number of carbonyl (C=O) groups is 2. The van der Waals surface area contributed by atoms with Gasteiger partial charge < -0.3 is 28.4 Å². The summed E-state index contributed by atoms with van der Waals surface area (Å²) in [6, 6.07) is 27.4. The first kappa shape index (κ1) is 39.9. The number of rotatable bonds is 12. The van der Waals surface area contributed by atoms with Crippen molar-refractivity contribution in [2.75, 3.05) is 27.9 Å². The molecule has 0 atom stereocenters. The molecule has 0 N–H and O–H groups in total. The van der Waals surface area contributed by atoms with E-state index in [0.29, 0.717) is 35.1 Å². The van der Waals surface area contributed by atoms with Crippen LogP contribution in [0.2, 0.25) is 0 Å². The smallest absolute Gasteiger partial charge is 0.322 e. The van der Waals surface area contributed by atoms with Crippen molar-refractivity contribution in [1.82, 2.24) is 9.97 Å². The monoisotopic (exact) mass is 757 g/mol. The van der Waals surface area contributed by atoms with Crippen molar-refractivity contribution in [1.29, 1.82) is 0 Å². The number of nitro benzene ring substituents is 1. The van der Waals surface area contributed by atoms with Crippen LogP contribution in [0.4, 0.5) is 5.69 Å². The zero-order valence-electron chi connectivity index (χ0n) is 31.6. The maximum Gasteiger partial charge on any atom is 0.322 e. The molecule has 0 fully saturated rings. The maximum atomic E-state index is 11.6. The molecule has 0 bridgehead atoms. The summed E-state index contributed by atoms with van der Waals surface area (Å²) in [6.07, 6.45) is 6.93. The van der Waals surface area contributed by atoms with Crippen LogP contribution >= 0.6 is 0 Å². The number of nitro groups is 1. The van der Waals surface area contributed by atoms with Gasteiger partial charge in [-0.2, -0.15) is 0 Å². The lowest BCUT2D eigenvalue weighted by Gasteiger charge is -2.12. The van der Waals surface area contributed by atoms with Gasteiger partial charge in [0.05, 0.1) is 49.8 Å². The molecule has 0 aliphatic rings. The van der Waals surface area contributed by atoms with Gasteiger partial charge in [0.15, 0.2) is 17.2 Å². The second-order valence-electron chi connectivity index (χ2n) is 11.8. The standard InChI is InChI=1S/C22H21NO4.C21H18N2O6/c1-4-26-20-10-6-8-17(22(20)27-15(2)24)12-14-18-13-11-16-7-5-9-19(25-3)21(16)23-18;1-13(24)29-18-12-9-15(20(23(25)26)21(18)28-3)8-11-16-10-7-14-5-4-6-17(27-2)19(14)22-16/h5-14H,4H2,1-3H3;4-12H,1-3H3/b14-12+;11-8+. The highest BCUT2D eigenvalue weighted by Gasteiger charge is 2.25. The van der Waals surface area contributed by atoms with E-state index in [1.54, 1.807) is 38.5 Å². The fraction of sp³-hybridized carbons (Fsp3) is 0.163. The Morgan fingerprint density at radius 3 is 1.64 bits per heavy atom. The molecule has 6 aromatic rings. The van der Waals surface area contributed by atoms with Crippen LogP contribution in [0.1, 0.15) is 43.3 Å². The summed E-state index contributed by atoms with van der Waals surface area (Å²) in [5.41, 5.74) is 3.56. The molecule has 0 saturated carbocycles. The number of carbonyl (C=O) groups excluding carboxylic acids is 2. The molecule has 0 aliphatic carbocycles. The van der Waals surface area contributed by atoms with Crippen LogP contribution in [0, 0.1) is 10.1 Å². The van der Waals surface area contributed by atoms with E-state index in [4.69, 9.17) is 28.4 Å². The number of hydrogen-bond acceptors (Lipinski definition) is 12. The summed E-state index contributed by atoms with van der Waals surface area (Å²) in [5.74, 6) is 1.15. The van der Waals surface area contributed by atoms with Crippen molar-refractivity contribution in [3.63, 3.8) is 0 Å². The van der Waals surface area contributed by atoms with Gasteiger partial charge in [-0.1, -0.05) is 48.5 Å². The average Bonchev–Trinajstić information content (AvgIpc) is 3.19. The largest absolute Gasteiger partial charge is 0.494 e. The van der Waals surface area contributed by atoms with E-state index in [1.807, 2.05) is 85.8 Å². The first-order valence-corrected chi connectivity index (χ1v) is 17.3. The van der Waals surface area contributed by atoms with Crippen molar-refractivity contribution >= 4 is 63.7 Å². The predicted molar refractivity (Wildman–Crippen MR) is 214 cm³/mol. The van der Waals surface area contributed by atoms with Crippen LogP contribution in [0.5, 0.6) is 34.5 Å². The fourth-order valence-corrected chi connectivity index (χ4v) is 5.64. The molecule has 0 aliphatic heterocycles. The molecule has 0 saturated heterocycles. The zero-order chi connectivity index (χ0) is 40.2. The Labute approximate surface area is 322 Å². The van der Waals surface area contributed by atoms with Crippen LogP contribution in [-0.4, -0.2) is 54.8 Å². The van der Waals surface area contributed by atoms with E-state index in [1.165, 1.54) is 33.1 Å². The van der Waals surface area contributed by atoms with Gasteiger partial charge in [-0.25, -0.2) is 9.97 Å². The number of methoxy groups -OCH3 is 3. The summed E-state index contributed by atoms with van der Waals surface area (Å²) in [4.78, 5) is 43.0. The number of aromatic nitrogens is 2. The Balaban J connectivity index is 0.000000215. The highest BCUT2D eigenvalue weighted by molar-refractivity contribution is 5.88. The Bertz CT molecular complexity index is 2460. The van der Waals surface area contributed by atoms with Crippen LogP contribution in [0.3, 0.4) is 0 Å². The van der Waals surface area contributed by atoms with E-state index >= 15 is 0 Å². The van der Waals surface area contributed by atoms with Gasteiger partial charge >= 0.3 is 17.6 Å². The van der Waals surface area contributed by atoms with E-state index in [0.717, 1.165) is 33.3 Å². The van der Waals surface area contributed by atoms with Crippen LogP contribution in [-0.2, 0) is 9.59 Å². The number of benzene rings is 4. The molecule has 0 radical (unpaired) electrons. The Morgan fingerprint density at radius 2 is 1.14 bits per heavy atom. The Hall–Kier alpha value is -7.28. The highest BCUT2D eigenvalue weighted by Crippen LogP contribution is 2.40. The SMILES string of the molecule is CCOc1cccc(/C=C/c2ccc3cccc(OC)c3n2)c1OC(C)=O.COc1c(OC(C)=O)ccc(/C=C/c2ccc3cccc(OC)c3n2)c1[N+](=O)[O-]. The molecule has 2 aromatic heterocycles. The van der Waals surface area contributed by atoms with Crippen molar-refractivity contribution < 1.29 is 42.9 Å². The number of nitrogens with zero attached hydrogens (tertiary/aromatic N) is 3. The first-order chi connectivity index (χ1) is 27.1. The minimum absolute atomic E-state index is 0.0163. The molecule has 0 amide bonds. The number of fused-ring (bicyclic) bond motifs is 2. The van der Waals surface area contributed by atoms with Crippen LogP contribution in [0.15, 0.2) is 91.0 Å². The van der Waals surface area contributed by atoms with Gasteiger partial charge in [0.1, 0.15) is 22.5 Å². The molecule has 0 spiro atoms. The van der Waals surface area contributed by atoms with Crippen LogP contribution < -0.4 is 28.4 Å². The fourth-order valence-electron chi connectivity index (χ4n) is 5.64. The molecule has 56 heavy (non-hydrogen) atoms. The molecule has 0 unspecified atom stereocenters. The lowest BCUT2D eigenvalue weighted by atomic mass is 10.1. The third-order valence-electron chi connectivity index (χ3n) is 8.04. The zero-order valence-corrected chi connectivity index (χ0v) is 31.6. The van der Waals surface area contributed by atoms with Gasteiger partial charge in [-0.15, -0.1) is 0 Å². The third kappa shape index (κ3) is 9.63. The molecule has 13 heteroatoms. The number of para-hydroxylation sites is 3. The summed E-state index contributed by atoms with van der Waals surface area (Å²) in [7, 11) is 4.48. The summed E-state index contributed by atoms with van der Waals surface area (Å²) < 4.78 is 31.8. The molecule has 4 aromatic carbocycles. The maximum absolute atomic E-state index is 11.6. The molecular weight excluding hydrogens is 718 g/mol. The molecule has 13 nitrogen and oxygen atoms in total. The second kappa shape index (κ2) is 18.7. The van der Waals surface area contributed by atoms with Crippen LogP contribution in [0.25, 0.3) is 46.1 Å². The number of hydrogen-bond donors (Lipinski definition) is 0. The topological polar surface area (TPSA) is 158 Å². The normalized spacial score (nSPS) is 10.9. The minimum Gasteiger partial charge on any atom is -0.494 e. The average molecular weight is 758 g/mol. The summed E-state index contributed by atoms with van der Waals surface area (Å²) >= 11 is 0. The lowest BCUT2D eigenvalue weighted by Crippen LogP contribution is -2.05. The highest BCUT2D eigenvalue weighted by atomic mass is 16.6.